The number of carbonyl (C=O) groups is 1. The van der Waals surface area contributed by atoms with E-state index < -0.39 is 0 Å². The lowest BCUT2D eigenvalue weighted by Crippen LogP contribution is -2.38. The van der Waals surface area contributed by atoms with E-state index in [4.69, 9.17) is 9.47 Å². The van der Waals surface area contributed by atoms with E-state index in [1.807, 2.05) is 0 Å². The number of hydrogen-bond donors (Lipinski definition) is 0. The third kappa shape index (κ3) is 3.89. The van der Waals surface area contributed by atoms with Gasteiger partial charge in [0.1, 0.15) is 6.61 Å². The molecule has 0 amide bonds. The van der Waals surface area contributed by atoms with Crippen molar-refractivity contribution >= 4 is 28.9 Å². The molecule has 98 valence electrons. The quantitative estimate of drug-likeness (QED) is 0.582. The number of aldehydes is 1. The molecule has 1 aliphatic heterocycles. The molecule has 1 saturated heterocycles. The van der Waals surface area contributed by atoms with Gasteiger partial charge in [0.15, 0.2) is 6.29 Å². The molecule has 1 aliphatic rings. The van der Waals surface area contributed by atoms with Crippen LogP contribution in [0.1, 0.15) is 10.4 Å². The standard InChI is InChI=1S/C12H15IN2O3/c13-11-8-14-12(7-10(11)9-16)18-6-3-15-1-4-17-5-2-15/h7-9H,1-6H2. The molecular formula is C12H15IN2O3. The minimum absolute atomic E-state index is 0.505. The maximum absolute atomic E-state index is 10.8. The van der Waals surface area contributed by atoms with E-state index in [-0.39, 0.29) is 0 Å². The molecule has 0 unspecified atom stereocenters. The Balaban J connectivity index is 1.80. The van der Waals surface area contributed by atoms with Crippen LogP contribution in [0, 0.1) is 3.57 Å². The maximum Gasteiger partial charge on any atom is 0.213 e. The molecule has 2 rings (SSSR count). The first-order valence-corrected chi connectivity index (χ1v) is 6.91. The smallest absolute Gasteiger partial charge is 0.213 e. The molecule has 5 nitrogen and oxygen atoms in total. The molecule has 1 fully saturated rings. The van der Waals surface area contributed by atoms with Crippen molar-refractivity contribution in [1.29, 1.82) is 0 Å². The lowest BCUT2D eigenvalue weighted by Gasteiger charge is -2.26. The number of pyridine rings is 1. The first-order chi connectivity index (χ1) is 8.79. The van der Waals surface area contributed by atoms with Crippen molar-refractivity contribution in [3.8, 4) is 5.88 Å². The van der Waals surface area contributed by atoms with E-state index in [1.54, 1.807) is 12.3 Å². The van der Waals surface area contributed by atoms with Crippen molar-refractivity contribution in [1.82, 2.24) is 9.88 Å². The summed E-state index contributed by atoms with van der Waals surface area (Å²) >= 11 is 2.08. The van der Waals surface area contributed by atoms with Gasteiger partial charge in [0.05, 0.1) is 13.2 Å². The third-order valence-electron chi connectivity index (χ3n) is 2.75. The van der Waals surface area contributed by atoms with Crippen LogP contribution in [-0.4, -0.2) is 55.6 Å². The van der Waals surface area contributed by atoms with Crippen molar-refractivity contribution in [2.45, 2.75) is 0 Å². The fourth-order valence-electron chi connectivity index (χ4n) is 1.71. The summed E-state index contributed by atoms with van der Waals surface area (Å²) in [5, 5.41) is 0. The number of halogens is 1. The molecule has 0 spiro atoms. The molecule has 0 aromatic carbocycles. The van der Waals surface area contributed by atoms with Crippen LogP contribution in [0.25, 0.3) is 0 Å². The van der Waals surface area contributed by atoms with Gasteiger partial charge in [-0.3, -0.25) is 9.69 Å². The highest BCUT2D eigenvalue weighted by Crippen LogP contribution is 2.14. The Morgan fingerprint density at radius 2 is 2.28 bits per heavy atom. The maximum atomic E-state index is 10.8. The van der Waals surface area contributed by atoms with E-state index >= 15 is 0 Å². The summed E-state index contributed by atoms with van der Waals surface area (Å²) in [4.78, 5) is 17.2. The molecule has 0 bridgehead atoms. The first kappa shape index (κ1) is 13.7. The number of morpholine rings is 1. The number of aromatic nitrogens is 1. The van der Waals surface area contributed by atoms with Gasteiger partial charge in [-0.1, -0.05) is 0 Å². The van der Waals surface area contributed by atoms with Crippen molar-refractivity contribution in [3.63, 3.8) is 0 Å². The van der Waals surface area contributed by atoms with Crippen molar-refractivity contribution in [2.75, 3.05) is 39.5 Å². The van der Waals surface area contributed by atoms with Gasteiger partial charge in [0.25, 0.3) is 0 Å². The monoisotopic (exact) mass is 362 g/mol. The van der Waals surface area contributed by atoms with Gasteiger partial charge in [0.2, 0.25) is 5.88 Å². The number of ether oxygens (including phenoxy) is 2. The number of nitrogens with zero attached hydrogens (tertiary/aromatic N) is 2. The largest absolute Gasteiger partial charge is 0.476 e. The van der Waals surface area contributed by atoms with Gasteiger partial charge < -0.3 is 9.47 Å². The van der Waals surface area contributed by atoms with Crippen LogP contribution in [0.2, 0.25) is 0 Å². The van der Waals surface area contributed by atoms with Crippen LogP contribution in [0.15, 0.2) is 12.3 Å². The third-order valence-corrected chi connectivity index (χ3v) is 3.65. The summed E-state index contributed by atoms with van der Waals surface area (Å²) in [6.45, 7) is 4.90. The van der Waals surface area contributed by atoms with Gasteiger partial charge in [-0.25, -0.2) is 4.98 Å². The Morgan fingerprint density at radius 3 is 3.00 bits per heavy atom. The Morgan fingerprint density at radius 1 is 1.50 bits per heavy atom. The molecule has 2 heterocycles. The van der Waals surface area contributed by atoms with Crippen LogP contribution in [0.4, 0.5) is 0 Å². The summed E-state index contributed by atoms with van der Waals surface area (Å²) in [6, 6.07) is 1.67. The van der Waals surface area contributed by atoms with E-state index in [2.05, 4.69) is 32.5 Å². The highest BCUT2D eigenvalue weighted by atomic mass is 127. The lowest BCUT2D eigenvalue weighted by molar-refractivity contribution is 0.0320. The normalized spacial score (nSPS) is 16.5. The molecule has 0 aliphatic carbocycles. The second-order valence-electron chi connectivity index (χ2n) is 3.96. The average molecular weight is 362 g/mol. The highest BCUT2D eigenvalue weighted by molar-refractivity contribution is 14.1. The Labute approximate surface area is 120 Å². The van der Waals surface area contributed by atoms with E-state index in [9.17, 15) is 4.79 Å². The molecule has 0 N–H and O–H groups in total. The van der Waals surface area contributed by atoms with Crippen LogP contribution in [0.5, 0.6) is 5.88 Å². The Bertz CT molecular complexity index is 408. The fraction of sp³-hybridized carbons (Fsp3) is 0.500. The zero-order chi connectivity index (χ0) is 12.8. The minimum atomic E-state index is 0.505. The molecule has 0 saturated carbocycles. The predicted octanol–water partition coefficient (Wildman–Crippen LogP) is 1.21. The van der Waals surface area contributed by atoms with E-state index in [0.717, 1.165) is 42.7 Å². The summed E-state index contributed by atoms with van der Waals surface area (Å²) in [6.07, 6.45) is 2.46. The fourth-order valence-corrected chi connectivity index (χ4v) is 2.13. The summed E-state index contributed by atoms with van der Waals surface area (Å²) in [5.74, 6) is 0.505. The molecule has 18 heavy (non-hydrogen) atoms. The molecule has 0 radical (unpaired) electrons. The molecular weight excluding hydrogens is 347 g/mol. The number of carbonyl (C=O) groups excluding carboxylic acids is 1. The second-order valence-corrected chi connectivity index (χ2v) is 5.13. The van der Waals surface area contributed by atoms with Gasteiger partial charge in [-0.2, -0.15) is 0 Å². The molecule has 0 atom stereocenters. The topological polar surface area (TPSA) is 51.7 Å². The van der Waals surface area contributed by atoms with E-state index in [0.29, 0.717) is 18.1 Å². The minimum Gasteiger partial charge on any atom is -0.476 e. The van der Waals surface area contributed by atoms with Crippen molar-refractivity contribution in [2.24, 2.45) is 0 Å². The van der Waals surface area contributed by atoms with E-state index in [1.165, 1.54) is 0 Å². The van der Waals surface area contributed by atoms with Gasteiger partial charge >= 0.3 is 0 Å². The van der Waals surface area contributed by atoms with Gasteiger partial charge in [0, 0.05) is 41.0 Å². The number of hydrogen-bond acceptors (Lipinski definition) is 5. The summed E-state index contributed by atoms with van der Waals surface area (Å²) in [7, 11) is 0. The van der Waals surface area contributed by atoms with Crippen LogP contribution in [-0.2, 0) is 4.74 Å². The van der Waals surface area contributed by atoms with Crippen molar-refractivity contribution in [3.05, 3.63) is 21.4 Å². The van der Waals surface area contributed by atoms with Gasteiger partial charge in [-0.05, 0) is 22.6 Å². The zero-order valence-corrected chi connectivity index (χ0v) is 12.1. The summed E-state index contributed by atoms with van der Waals surface area (Å²) < 4.78 is 11.7. The zero-order valence-electron chi connectivity index (χ0n) is 9.97. The second kappa shape index (κ2) is 7.01. The molecule has 1 aromatic rings. The lowest BCUT2D eigenvalue weighted by atomic mass is 10.3. The van der Waals surface area contributed by atoms with Gasteiger partial charge in [-0.15, -0.1) is 0 Å². The Hall–Kier alpha value is -0.730. The van der Waals surface area contributed by atoms with Crippen LogP contribution >= 0.6 is 22.6 Å². The SMILES string of the molecule is O=Cc1cc(OCCN2CCOCC2)ncc1I. The molecule has 1 aromatic heterocycles. The summed E-state index contributed by atoms with van der Waals surface area (Å²) in [5.41, 5.74) is 0.618. The van der Waals surface area contributed by atoms with Crippen molar-refractivity contribution < 1.29 is 14.3 Å². The average Bonchev–Trinajstić information content (AvgIpc) is 2.42. The first-order valence-electron chi connectivity index (χ1n) is 5.83. The van der Waals surface area contributed by atoms with Crippen LogP contribution in [0.3, 0.4) is 0 Å². The predicted molar refractivity (Wildman–Crippen MR) is 75.1 cm³/mol. The number of rotatable bonds is 5. The Kier molecular flexibility index (Phi) is 5.33. The highest BCUT2D eigenvalue weighted by Gasteiger charge is 2.10. The van der Waals surface area contributed by atoms with Crippen LogP contribution < -0.4 is 4.74 Å². The molecule has 6 heteroatoms.